The molecule has 1 aliphatic heterocycles. The average Bonchev–Trinajstić information content (AvgIpc) is 2.25. The number of unbranched alkanes of at least 4 members (excludes halogenated alkanes) is 5. The molecule has 0 aromatic carbocycles. The van der Waals surface area contributed by atoms with E-state index in [9.17, 15) is 0 Å². The molecule has 1 aliphatic rings. The Morgan fingerprint density at radius 2 is 2.00 bits per heavy atom. The van der Waals surface area contributed by atoms with Gasteiger partial charge in [0.1, 0.15) is 0 Å². The van der Waals surface area contributed by atoms with Gasteiger partial charge in [-0.3, -0.25) is 0 Å². The Kier molecular flexibility index (Phi) is 7.02. The van der Waals surface area contributed by atoms with E-state index in [1.807, 2.05) is 11.8 Å². The highest BCUT2D eigenvalue weighted by molar-refractivity contribution is 8.00. The third kappa shape index (κ3) is 5.58. The second kappa shape index (κ2) is 8.22. The largest absolute Gasteiger partial charge is 0.379 e. The molecule has 0 aliphatic carbocycles. The number of nitrogens with one attached hydrogen (secondary N) is 1. The van der Waals surface area contributed by atoms with Crippen LogP contribution in [-0.4, -0.2) is 11.1 Å². The van der Waals surface area contributed by atoms with Gasteiger partial charge in [0, 0.05) is 5.75 Å². The molecule has 0 aromatic heterocycles. The van der Waals surface area contributed by atoms with E-state index in [0.29, 0.717) is 5.37 Å². The number of hydrogen-bond acceptors (Lipinski definition) is 2. The van der Waals surface area contributed by atoms with Crippen LogP contribution in [0.4, 0.5) is 0 Å². The minimum Gasteiger partial charge on any atom is -0.379 e. The van der Waals surface area contributed by atoms with Crippen molar-refractivity contribution in [1.82, 2.24) is 5.32 Å². The third-order valence-electron chi connectivity index (χ3n) is 2.61. The summed E-state index contributed by atoms with van der Waals surface area (Å²) in [5.74, 6) is 1.19. The van der Waals surface area contributed by atoms with Gasteiger partial charge in [0.05, 0.1) is 5.37 Å². The van der Waals surface area contributed by atoms with Crippen LogP contribution in [0, 0.1) is 0 Å². The maximum absolute atomic E-state index is 3.40. The Bertz CT molecular complexity index is 156. The topological polar surface area (TPSA) is 12.0 Å². The Morgan fingerprint density at radius 1 is 1.21 bits per heavy atom. The molecule has 0 radical (unpaired) electrons. The van der Waals surface area contributed by atoms with Crippen LogP contribution in [0.15, 0.2) is 12.3 Å². The normalized spacial score (nSPS) is 20.8. The first-order valence-electron chi connectivity index (χ1n) is 5.96. The SMILES string of the molecule is CCCCCCCCC1NC=CCS1. The fourth-order valence-corrected chi connectivity index (χ4v) is 2.67. The second-order valence-corrected chi connectivity index (χ2v) is 5.18. The van der Waals surface area contributed by atoms with E-state index in [1.54, 1.807) is 0 Å². The van der Waals surface area contributed by atoms with Crippen molar-refractivity contribution in [2.75, 3.05) is 5.75 Å². The third-order valence-corrected chi connectivity index (χ3v) is 3.77. The molecule has 1 nitrogen and oxygen atoms in total. The van der Waals surface area contributed by atoms with Crippen molar-refractivity contribution in [2.24, 2.45) is 0 Å². The molecule has 14 heavy (non-hydrogen) atoms. The molecule has 0 amide bonds. The highest BCUT2D eigenvalue weighted by Crippen LogP contribution is 2.18. The lowest BCUT2D eigenvalue weighted by Crippen LogP contribution is -2.23. The van der Waals surface area contributed by atoms with Crippen LogP contribution < -0.4 is 5.32 Å². The summed E-state index contributed by atoms with van der Waals surface area (Å²) in [7, 11) is 0. The summed E-state index contributed by atoms with van der Waals surface area (Å²) in [6, 6.07) is 0. The van der Waals surface area contributed by atoms with Crippen molar-refractivity contribution in [3.8, 4) is 0 Å². The summed E-state index contributed by atoms with van der Waals surface area (Å²) in [6.07, 6.45) is 14.1. The molecule has 1 N–H and O–H groups in total. The van der Waals surface area contributed by atoms with Crippen LogP contribution >= 0.6 is 11.8 Å². The molecule has 1 heterocycles. The lowest BCUT2D eigenvalue weighted by molar-refractivity contribution is 0.569. The van der Waals surface area contributed by atoms with Crippen LogP contribution in [-0.2, 0) is 0 Å². The predicted octanol–water partition coefficient (Wildman–Crippen LogP) is 3.91. The number of rotatable bonds is 7. The summed E-state index contributed by atoms with van der Waals surface area (Å²) in [4.78, 5) is 0. The molecule has 0 aromatic rings. The van der Waals surface area contributed by atoms with Gasteiger partial charge in [-0.25, -0.2) is 0 Å². The standard InChI is InChI=1S/C12H23NS/c1-2-3-4-5-6-7-9-12-13-10-8-11-14-12/h8,10,12-13H,2-7,9,11H2,1H3. The predicted molar refractivity (Wildman–Crippen MR) is 66.5 cm³/mol. The molecular formula is C12H23NS. The first kappa shape index (κ1) is 12.0. The van der Waals surface area contributed by atoms with Crippen molar-refractivity contribution >= 4 is 11.8 Å². The van der Waals surface area contributed by atoms with E-state index in [4.69, 9.17) is 0 Å². The quantitative estimate of drug-likeness (QED) is 0.643. The van der Waals surface area contributed by atoms with Crippen molar-refractivity contribution in [3.63, 3.8) is 0 Å². The Balaban J connectivity index is 1.86. The minimum atomic E-state index is 0.686. The van der Waals surface area contributed by atoms with E-state index in [1.165, 1.54) is 50.7 Å². The molecular weight excluding hydrogens is 190 g/mol. The monoisotopic (exact) mass is 213 g/mol. The van der Waals surface area contributed by atoms with E-state index >= 15 is 0 Å². The minimum absolute atomic E-state index is 0.686. The summed E-state index contributed by atoms with van der Waals surface area (Å²) in [6.45, 7) is 2.27. The highest BCUT2D eigenvalue weighted by Gasteiger charge is 2.07. The molecule has 1 unspecified atom stereocenters. The van der Waals surface area contributed by atoms with Crippen LogP contribution in [0.5, 0.6) is 0 Å². The van der Waals surface area contributed by atoms with E-state index in [0.717, 1.165) is 0 Å². The van der Waals surface area contributed by atoms with Crippen molar-refractivity contribution in [3.05, 3.63) is 12.3 Å². The van der Waals surface area contributed by atoms with Gasteiger partial charge in [0.25, 0.3) is 0 Å². The molecule has 1 rings (SSSR count). The van der Waals surface area contributed by atoms with Crippen LogP contribution in [0.25, 0.3) is 0 Å². The number of thioether (sulfide) groups is 1. The van der Waals surface area contributed by atoms with Crippen LogP contribution in [0.2, 0.25) is 0 Å². The lowest BCUT2D eigenvalue weighted by atomic mass is 10.1. The van der Waals surface area contributed by atoms with Gasteiger partial charge in [0.15, 0.2) is 0 Å². The first-order chi connectivity index (χ1) is 6.93. The highest BCUT2D eigenvalue weighted by atomic mass is 32.2. The van der Waals surface area contributed by atoms with Gasteiger partial charge in [-0.2, -0.15) is 0 Å². The number of hydrogen-bond donors (Lipinski definition) is 1. The molecule has 2 heteroatoms. The molecule has 0 saturated carbocycles. The van der Waals surface area contributed by atoms with Gasteiger partial charge in [-0.15, -0.1) is 11.8 Å². The fourth-order valence-electron chi connectivity index (χ4n) is 1.72. The van der Waals surface area contributed by atoms with E-state index in [-0.39, 0.29) is 0 Å². The molecule has 0 bridgehead atoms. The molecule has 0 saturated heterocycles. The fraction of sp³-hybridized carbons (Fsp3) is 0.833. The van der Waals surface area contributed by atoms with Crippen molar-refractivity contribution < 1.29 is 0 Å². The van der Waals surface area contributed by atoms with Crippen LogP contribution in [0.3, 0.4) is 0 Å². The lowest BCUT2D eigenvalue weighted by Gasteiger charge is -2.19. The first-order valence-corrected chi connectivity index (χ1v) is 7.01. The van der Waals surface area contributed by atoms with Gasteiger partial charge < -0.3 is 5.32 Å². The maximum Gasteiger partial charge on any atom is 0.0720 e. The van der Waals surface area contributed by atoms with Crippen molar-refractivity contribution in [2.45, 2.75) is 57.2 Å². The summed E-state index contributed by atoms with van der Waals surface area (Å²) >= 11 is 2.03. The Hall–Kier alpha value is -0.110. The second-order valence-electron chi connectivity index (χ2n) is 3.95. The average molecular weight is 213 g/mol. The summed E-state index contributed by atoms with van der Waals surface area (Å²) in [5.41, 5.74) is 0. The van der Waals surface area contributed by atoms with Gasteiger partial charge >= 0.3 is 0 Å². The maximum atomic E-state index is 3.40. The zero-order valence-electron chi connectivity index (χ0n) is 9.30. The smallest absolute Gasteiger partial charge is 0.0720 e. The van der Waals surface area contributed by atoms with Crippen LogP contribution in [0.1, 0.15) is 51.9 Å². The van der Waals surface area contributed by atoms with E-state index < -0.39 is 0 Å². The zero-order valence-corrected chi connectivity index (χ0v) is 10.1. The van der Waals surface area contributed by atoms with Gasteiger partial charge in [-0.1, -0.05) is 51.5 Å². The van der Waals surface area contributed by atoms with E-state index in [2.05, 4.69) is 24.5 Å². The Morgan fingerprint density at radius 3 is 2.71 bits per heavy atom. The van der Waals surface area contributed by atoms with Gasteiger partial charge in [0.2, 0.25) is 0 Å². The summed E-state index contributed by atoms with van der Waals surface area (Å²) < 4.78 is 0. The molecule has 0 fully saturated rings. The van der Waals surface area contributed by atoms with Crippen molar-refractivity contribution in [1.29, 1.82) is 0 Å². The Labute approximate surface area is 92.7 Å². The van der Waals surface area contributed by atoms with Gasteiger partial charge in [-0.05, 0) is 12.6 Å². The molecule has 82 valence electrons. The summed E-state index contributed by atoms with van der Waals surface area (Å²) in [5, 5.41) is 4.09. The zero-order chi connectivity index (χ0) is 10.1. The molecule has 0 spiro atoms. The molecule has 1 atom stereocenters.